The Labute approximate surface area is 116 Å². The van der Waals surface area contributed by atoms with E-state index >= 15 is 0 Å². The van der Waals surface area contributed by atoms with E-state index in [0.29, 0.717) is 11.0 Å². The van der Waals surface area contributed by atoms with Crippen LogP contribution in [0.2, 0.25) is 0 Å². The zero-order chi connectivity index (χ0) is 13.8. The second-order valence-electron chi connectivity index (χ2n) is 4.84. The number of rotatable bonds is 1. The minimum atomic E-state index is 0.696. The summed E-state index contributed by atoms with van der Waals surface area (Å²) in [7, 11) is 0. The summed E-state index contributed by atoms with van der Waals surface area (Å²) >= 11 is 0. The summed E-state index contributed by atoms with van der Waals surface area (Å²) in [6.45, 7) is 0. The van der Waals surface area contributed by atoms with Gasteiger partial charge in [-0.05, 0) is 34.6 Å². The molecule has 0 unspecified atom stereocenters. The van der Waals surface area contributed by atoms with Crippen LogP contribution < -0.4 is 0 Å². The SMILES string of the molecule is c1cc(-c2nc3cc4c[nH]nc4cc3[nH]2)c2nonc2c1. The van der Waals surface area contributed by atoms with Crippen LogP contribution in [0, 0.1) is 0 Å². The van der Waals surface area contributed by atoms with Gasteiger partial charge in [0.25, 0.3) is 0 Å². The third kappa shape index (κ3) is 1.42. The first-order valence-corrected chi connectivity index (χ1v) is 6.43. The maximum Gasteiger partial charge on any atom is 0.146 e. The minimum Gasteiger partial charge on any atom is -0.338 e. The van der Waals surface area contributed by atoms with Crippen LogP contribution in [0.4, 0.5) is 0 Å². The Kier molecular flexibility index (Phi) is 1.84. The van der Waals surface area contributed by atoms with Crippen molar-refractivity contribution in [3.8, 4) is 11.4 Å². The first-order chi connectivity index (χ1) is 10.4. The fraction of sp³-hybridized carbons (Fsp3) is 0. The number of hydrogen-bond donors (Lipinski definition) is 2. The lowest BCUT2D eigenvalue weighted by Gasteiger charge is -1.95. The molecule has 0 radical (unpaired) electrons. The summed E-state index contributed by atoms with van der Waals surface area (Å²) in [5.41, 5.74) is 4.98. The van der Waals surface area contributed by atoms with Crippen LogP contribution in [-0.2, 0) is 0 Å². The van der Waals surface area contributed by atoms with Gasteiger partial charge in [0.2, 0.25) is 0 Å². The highest BCUT2D eigenvalue weighted by Crippen LogP contribution is 2.27. The molecule has 2 N–H and O–H groups in total. The molecule has 0 fully saturated rings. The van der Waals surface area contributed by atoms with Crippen molar-refractivity contribution in [1.29, 1.82) is 0 Å². The third-order valence-electron chi connectivity index (χ3n) is 3.58. The molecule has 0 spiro atoms. The van der Waals surface area contributed by atoms with E-state index in [2.05, 4.69) is 30.5 Å². The van der Waals surface area contributed by atoms with Crippen LogP contribution in [0.15, 0.2) is 41.2 Å². The van der Waals surface area contributed by atoms with E-state index in [0.717, 1.165) is 33.3 Å². The number of aromatic nitrogens is 6. The van der Waals surface area contributed by atoms with E-state index in [-0.39, 0.29) is 0 Å². The molecule has 21 heavy (non-hydrogen) atoms. The Morgan fingerprint density at radius 2 is 2.00 bits per heavy atom. The Morgan fingerprint density at radius 3 is 3.00 bits per heavy atom. The largest absolute Gasteiger partial charge is 0.338 e. The highest BCUT2D eigenvalue weighted by Gasteiger charge is 2.13. The number of benzene rings is 2. The van der Waals surface area contributed by atoms with Gasteiger partial charge in [0.1, 0.15) is 16.9 Å². The average molecular weight is 276 g/mol. The van der Waals surface area contributed by atoms with Gasteiger partial charge in [-0.15, -0.1) is 0 Å². The number of aromatic amines is 2. The molecule has 5 aromatic rings. The maximum absolute atomic E-state index is 4.80. The van der Waals surface area contributed by atoms with Crippen LogP contribution in [0.25, 0.3) is 44.4 Å². The molecule has 0 saturated carbocycles. The van der Waals surface area contributed by atoms with E-state index in [1.807, 2.05) is 36.5 Å². The number of hydrogen-bond acceptors (Lipinski definition) is 5. The fourth-order valence-electron chi connectivity index (χ4n) is 2.57. The van der Waals surface area contributed by atoms with E-state index in [4.69, 9.17) is 4.63 Å². The molecule has 3 heterocycles. The van der Waals surface area contributed by atoms with Gasteiger partial charge in [-0.3, -0.25) is 5.10 Å². The molecule has 0 amide bonds. The second-order valence-corrected chi connectivity index (χ2v) is 4.84. The normalized spacial score (nSPS) is 11.8. The van der Waals surface area contributed by atoms with Crippen molar-refractivity contribution in [1.82, 2.24) is 30.5 Å². The van der Waals surface area contributed by atoms with Gasteiger partial charge in [0, 0.05) is 17.1 Å². The van der Waals surface area contributed by atoms with Gasteiger partial charge in [-0.25, -0.2) is 9.61 Å². The van der Waals surface area contributed by atoms with Crippen molar-refractivity contribution in [3.63, 3.8) is 0 Å². The third-order valence-corrected chi connectivity index (χ3v) is 3.58. The number of H-pyrrole nitrogens is 2. The Morgan fingerprint density at radius 1 is 1.00 bits per heavy atom. The first-order valence-electron chi connectivity index (χ1n) is 6.43. The predicted molar refractivity (Wildman–Crippen MR) is 76.5 cm³/mol. The minimum absolute atomic E-state index is 0.696. The zero-order valence-electron chi connectivity index (χ0n) is 10.7. The van der Waals surface area contributed by atoms with Gasteiger partial charge in [-0.2, -0.15) is 5.10 Å². The number of nitrogens with zero attached hydrogens (tertiary/aromatic N) is 4. The van der Waals surface area contributed by atoms with Crippen LogP contribution in [0.1, 0.15) is 0 Å². The van der Waals surface area contributed by atoms with Crippen LogP contribution in [-0.4, -0.2) is 30.5 Å². The van der Waals surface area contributed by atoms with Crippen molar-refractivity contribution in [2.24, 2.45) is 0 Å². The Bertz CT molecular complexity index is 1050. The zero-order valence-corrected chi connectivity index (χ0v) is 10.7. The van der Waals surface area contributed by atoms with Gasteiger partial charge >= 0.3 is 0 Å². The summed E-state index contributed by atoms with van der Waals surface area (Å²) < 4.78 is 4.80. The highest BCUT2D eigenvalue weighted by atomic mass is 16.6. The predicted octanol–water partition coefficient (Wildman–Crippen LogP) is 2.64. The highest BCUT2D eigenvalue weighted by molar-refractivity contribution is 5.96. The van der Waals surface area contributed by atoms with Gasteiger partial charge in [0.05, 0.1) is 16.6 Å². The maximum atomic E-state index is 4.80. The van der Waals surface area contributed by atoms with Crippen molar-refractivity contribution in [3.05, 3.63) is 36.5 Å². The molecule has 0 aliphatic rings. The molecular weight excluding hydrogens is 268 g/mol. The molecule has 0 aliphatic heterocycles. The Hall–Kier alpha value is -3.22. The standard InChI is InChI=1S/C14H8N6O/c1-2-8(13-9(3-1)19-21-20-13)14-16-11-4-7-6-15-18-10(7)5-12(11)17-14/h1-6H,(H,15,18)(H,16,17). The van der Waals surface area contributed by atoms with E-state index < -0.39 is 0 Å². The lowest BCUT2D eigenvalue weighted by atomic mass is 10.2. The monoisotopic (exact) mass is 276 g/mol. The number of nitrogens with one attached hydrogen (secondary N) is 2. The quantitative estimate of drug-likeness (QED) is 0.490. The van der Waals surface area contributed by atoms with Crippen molar-refractivity contribution in [2.45, 2.75) is 0 Å². The molecule has 0 aliphatic carbocycles. The summed E-state index contributed by atoms with van der Waals surface area (Å²) in [6, 6.07) is 9.66. The van der Waals surface area contributed by atoms with Gasteiger partial charge < -0.3 is 4.98 Å². The molecule has 0 saturated heterocycles. The number of fused-ring (bicyclic) bond motifs is 3. The van der Waals surface area contributed by atoms with E-state index in [9.17, 15) is 0 Å². The summed E-state index contributed by atoms with van der Waals surface area (Å²) in [5.74, 6) is 0.739. The smallest absolute Gasteiger partial charge is 0.146 e. The number of imidazole rings is 1. The molecule has 2 aromatic carbocycles. The average Bonchev–Trinajstić information content (AvgIpc) is 3.21. The summed E-state index contributed by atoms with van der Waals surface area (Å²) in [5, 5.41) is 15.9. The van der Waals surface area contributed by atoms with E-state index in [1.165, 1.54) is 0 Å². The van der Waals surface area contributed by atoms with Crippen LogP contribution in [0.3, 0.4) is 0 Å². The lowest BCUT2D eigenvalue weighted by molar-refractivity contribution is 0.315. The molecule has 5 rings (SSSR count). The van der Waals surface area contributed by atoms with Crippen LogP contribution >= 0.6 is 0 Å². The molecule has 0 bridgehead atoms. The van der Waals surface area contributed by atoms with Crippen molar-refractivity contribution >= 4 is 33.0 Å². The summed E-state index contributed by atoms with van der Waals surface area (Å²) in [4.78, 5) is 7.94. The van der Waals surface area contributed by atoms with Gasteiger partial charge in [0.15, 0.2) is 0 Å². The first kappa shape index (κ1) is 10.6. The molecule has 7 nitrogen and oxygen atoms in total. The molecule has 0 atom stereocenters. The molecule has 7 heteroatoms. The fourth-order valence-corrected chi connectivity index (χ4v) is 2.57. The van der Waals surface area contributed by atoms with Crippen molar-refractivity contribution in [2.75, 3.05) is 0 Å². The molecule has 3 aromatic heterocycles. The lowest BCUT2D eigenvalue weighted by Crippen LogP contribution is -1.82. The Balaban J connectivity index is 1.82. The van der Waals surface area contributed by atoms with Crippen molar-refractivity contribution < 1.29 is 4.63 Å². The van der Waals surface area contributed by atoms with Crippen LogP contribution in [0.5, 0.6) is 0 Å². The topological polar surface area (TPSA) is 96.3 Å². The second kappa shape index (κ2) is 3.66. The molecular formula is C14H8N6O. The molecule has 100 valence electrons. The van der Waals surface area contributed by atoms with E-state index in [1.54, 1.807) is 0 Å². The summed E-state index contributed by atoms with van der Waals surface area (Å²) in [6.07, 6.45) is 1.85. The van der Waals surface area contributed by atoms with Gasteiger partial charge in [-0.1, -0.05) is 6.07 Å².